The first-order valence-electron chi connectivity index (χ1n) is 9.07. The molecule has 0 heterocycles. The molecular weight excluding hydrogens is 306 g/mol. The van der Waals surface area contributed by atoms with E-state index >= 15 is 0 Å². The van der Waals surface area contributed by atoms with Gasteiger partial charge in [0.05, 0.1) is 11.5 Å². The Morgan fingerprint density at radius 1 is 0.958 bits per heavy atom. The van der Waals surface area contributed by atoms with Crippen molar-refractivity contribution < 1.29 is 14.5 Å². The topological polar surface area (TPSA) is 69.4 Å². The van der Waals surface area contributed by atoms with Gasteiger partial charge < -0.3 is 4.74 Å². The molecule has 5 nitrogen and oxygen atoms in total. The highest BCUT2D eigenvalue weighted by atomic mass is 16.6. The molecule has 0 aromatic heterocycles. The van der Waals surface area contributed by atoms with E-state index in [-0.39, 0.29) is 11.3 Å². The smallest absolute Gasteiger partial charge is 0.345 e. The Balaban J connectivity index is 2.09. The number of nitro groups is 1. The maximum Gasteiger partial charge on any atom is 0.345 e. The van der Waals surface area contributed by atoms with E-state index in [9.17, 15) is 14.9 Å². The van der Waals surface area contributed by atoms with Crippen molar-refractivity contribution in [3.63, 3.8) is 0 Å². The van der Waals surface area contributed by atoms with Crippen molar-refractivity contribution in [3.8, 4) is 0 Å². The molecule has 0 aliphatic heterocycles. The van der Waals surface area contributed by atoms with E-state index in [0.29, 0.717) is 6.61 Å². The molecule has 0 amide bonds. The standard InChI is InChI=1S/C19H29NO4/c1-2-3-4-5-6-7-8-9-10-13-16-24-19(21)17-14-11-12-15-18(17)20(22)23/h11-12,14-15H,2-10,13,16H2,1H3. The van der Waals surface area contributed by atoms with Gasteiger partial charge in [0.1, 0.15) is 5.56 Å². The lowest BCUT2D eigenvalue weighted by molar-refractivity contribution is -0.385. The molecule has 0 spiro atoms. The maximum absolute atomic E-state index is 11.9. The van der Waals surface area contributed by atoms with Crippen molar-refractivity contribution in [2.75, 3.05) is 6.61 Å². The van der Waals surface area contributed by atoms with Gasteiger partial charge in [0.2, 0.25) is 0 Å². The highest BCUT2D eigenvalue weighted by Crippen LogP contribution is 2.18. The van der Waals surface area contributed by atoms with E-state index < -0.39 is 10.9 Å². The Labute approximate surface area is 144 Å². The minimum Gasteiger partial charge on any atom is -0.462 e. The Morgan fingerprint density at radius 3 is 2.08 bits per heavy atom. The lowest BCUT2D eigenvalue weighted by Crippen LogP contribution is -2.09. The fraction of sp³-hybridized carbons (Fsp3) is 0.632. The van der Waals surface area contributed by atoms with Crippen LogP contribution in [0.5, 0.6) is 0 Å². The molecule has 5 heteroatoms. The lowest BCUT2D eigenvalue weighted by atomic mass is 10.1. The van der Waals surface area contributed by atoms with Gasteiger partial charge >= 0.3 is 5.97 Å². The van der Waals surface area contributed by atoms with Crippen LogP contribution in [0.3, 0.4) is 0 Å². The molecule has 0 unspecified atom stereocenters. The van der Waals surface area contributed by atoms with E-state index in [1.165, 1.54) is 63.1 Å². The molecule has 1 aromatic carbocycles. The average Bonchev–Trinajstić information content (AvgIpc) is 2.59. The number of carbonyl (C=O) groups is 1. The number of benzene rings is 1. The summed E-state index contributed by atoms with van der Waals surface area (Å²) in [6.07, 6.45) is 12.1. The number of rotatable bonds is 13. The van der Waals surface area contributed by atoms with Crippen LogP contribution in [0.25, 0.3) is 0 Å². The van der Waals surface area contributed by atoms with Crippen molar-refractivity contribution in [1.82, 2.24) is 0 Å². The summed E-state index contributed by atoms with van der Waals surface area (Å²) in [5.74, 6) is -0.613. The van der Waals surface area contributed by atoms with Gasteiger partial charge in [-0.25, -0.2) is 4.79 Å². The fourth-order valence-electron chi connectivity index (χ4n) is 2.64. The van der Waals surface area contributed by atoms with Crippen LogP contribution in [0, 0.1) is 10.1 Å². The quantitative estimate of drug-likeness (QED) is 0.201. The number of esters is 1. The summed E-state index contributed by atoms with van der Waals surface area (Å²) in [7, 11) is 0. The first-order valence-corrected chi connectivity index (χ1v) is 9.07. The molecule has 24 heavy (non-hydrogen) atoms. The normalized spacial score (nSPS) is 10.5. The second kappa shape index (κ2) is 12.5. The first-order chi connectivity index (χ1) is 11.7. The van der Waals surface area contributed by atoms with Gasteiger partial charge in [0, 0.05) is 6.07 Å². The molecule has 134 valence electrons. The molecule has 0 fully saturated rings. The van der Waals surface area contributed by atoms with E-state index in [4.69, 9.17) is 4.74 Å². The molecule has 0 radical (unpaired) electrons. The van der Waals surface area contributed by atoms with Crippen molar-refractivity contribution in [1.29, 1.82) is 0 Å². The van der Waals surface area contributed by atoms with Crippen LogP contribution in [0.15, 0.2) is 24.3 Å². The van der Waals surface area contributed by atoms with Gasteiger partial charge in [0.15, 0.2) is 0 Å². The zero-order valence-corrected chi connectivity index (χ0v) is 14.7. The third-order valence-electron chi connectivity index (χ3n) is 4.05. The summed E-state index contributed by atoms with van der Waals surface area (Å²) in [6.45, 7) is 2.55. The minimum atomic E-state index is -0.613. The molecule has 1 aromatic rings. The van der Waals surface area contributed by atoms with Gasteiger partial charge in [-0.3, -0.25) is 10.1 Å². The van der Waals surface area contributed by atoms with Crippen LogP contribution < -0.4 is 0 Å². The number of hydrogen-bond donors (Lipinski definition) is 0. The van der Waals surface area contributed by atoms with Gasteiger partial charge in [-0.15, -0.1) is 0 Å². The van der Waals surface area contributed by atoms with Crippen LogP contribution in [0.4, 0.5) is 5.69 Å². The number of para-hydroxylation sites is 1. The monoisotopic (exact) mass is 335 g/mol. The van der Waals surface area contributed by atoms with E-state index in [1.54, 1.807) is 6.07 Å². The summed E-state index contributed by atoms with van der Waals surface area (Å²) in [4.78, 5) is 22.2. The number of hydrogen-bond acceptors (Lipinski definition) is 4. The predicted octanol–water partition coefficient (Wildman–Crippen LogP) is 5.67. The van der Waals surface area contributed by atoms with E-state index in [0.717, 1.165) is 19.3 Å². The van der Waals surface area contributed by atoms with Crippen LogP contribution in [-0.2, 0) is 4.74 Å². The summed E-state index contributed by atoms with van der Waals surface area (Å²) in [6, 6.07) is 5.89. The minimum absolute atomic E-state index is 0.0228. The molecule has 0 saturated heterocycles. The number of ether oxygens (including phenoxy) is 1. The van der Waals surface area contributed by atoms with Gasteiger partial charge in [-0.05, 0) is 12.5 Å². The maximum atomic E-state index is 11.9. The van der Waals surface area contributed by atoms with Crippen LogP contribution in [-0.4, -0.2) is 17.5 Å². The zero-order valence-electron chi connectivity index (χ0n) is 14.7. The summed E-state index contributed by atoms with van der Waals surface area (Å²) in [5, 5.41) is 10.9. The van der Waals surface area contributed by atoms with Crippen molar-refractivity contribution in [3.05, 3.63) is 39.9 Å². The van der Waals surface area contributed by atoms with Crippen molar-refractivity contribution in [2.24, 2.45) is 0 Å². The highest BCUT2D eigenvalue weighted by molar-refractivity contribution is 5.93. The van der Waals surface area contributed by atoms with Crippen molar-refractivity contribution >= 4 is 11.7 Å². The lowest BCUT2D eigenvalue weighted by Gasteiger charge is -2.05. The Bertz CT molecular complexity index is 502. The molecular formula is C19H29NO4. The number of carbonyl (C=O) groups excluding carboxylic acids is 1. The molecule has 0 N–H and O–H groups in total. The Morgan fingerprint density at radius 2 is 1.50 bits per heavy atom. The van der Waals surface area contributed by atoms with E-state index in [2.05, 4.69) is 6.92 Å². The molecule has 0 aliphatic rings. The predicted molar refractivity (Wildman–Crippen MR) is 95.2 cm³/mol. The number of nitrogens with zero attached hydrogens (tertiary/aromatic N) is 1. The largest absolute Gasteiger partial charge is 0.462 e. The van der Waals surface area contributed by atoms with Crippen LogP contribution in [0.1, 0.15) is 81.5 Å². The SMILES string of the molecule is CCCCCCCCCCCCOC(=O)c1ccccc1[N+](=O)[O-]. The first kappa shape index (κ1) is 20.1. The molecule has 0 atom stereocenters. The van der Waals surface area contributed by atoms with Crippen molar-refractivity contribution in [2.45, 2.75) is 71.1 Å². The summed E-state index contributed by atoms with van der Waals surface area (Å²) < 4.78 is 5.15. The second-order valence-electron chi connectivity index (χ2n) is 6.09. The fourth-order valence-corrected chi connectivity index (χ4v) is 2.64. The summed E-state index contributed by atoms with van der Waals surface area (Å²) >= 11 is 0. The average molecular weight is 335 g/mol. The number of unbranched alkanes of at least 4 members (excludes halogenated alkanes) is 9. The molecule has 0 bridgehead atoms. The van der Waals surface area contributed by atoms with Crippen LogP contribution >= 0.6 is 0 Å². The summed E-state index contributed by atoms with van der Waals surface area (Å²) in [5.41, 5.74) is -0.180. The molecule has 0 aliphatic carbocycles. The van der Waals surface area contributed by atoms with E-state index in [1.807, 2.05) is 0 Å². The van der Waals surface area contributed by atoms with Crippen LogP contribution in [0.2, 0.25) is 0 Å². The third kappa shape index (κ3) is 8.09. The molecule has 0 saturated carbocycles. The Kier molecular flexibility index (Phi) is 10.5. The molecule has 1 rings (SSSR count). The van der Waals surface area contributed by atoms with Gasteiger partial charge in [0.25, 0.3) is 5.69 Å². The highest BCUT2D eigenvalue weighted by Gasteiger charge is 2.20. The van der Waals surface area contributed by atoms with Gasteiger partial charge in [-0.1, -0.05) is 76.8 Å². The second-order valence-corrected chi connectivity index (χ2v) is 6.09. The Hall–Kier alpha value is -1.91. The van der Waals surface area contributed by atoms with Gasteiger partial charge in [-0.2, -0.15) is 0 Å². The zero-order chi connectivity index (χ0) is 17.6. The number of nitro benzene ring substituents is 1. The third-order valence-corrected chi connectivity index (χ3v) is 4.05.